The SMILES string of the molecule is C=C(C)N[NH+]([O-])[NH+]([O-])C(C)C. The van der Waals surface area contributed by atoms with Gasteiger partial charge in [-0.25, -0.2) is 0 Å². The lowest BCUT2D eigenvalue weighted by molar-refractivity contribution is -1.49. The molecule has 0 bridgehead atoms. The van der Waals surface area contributed by atoms with Crippen LogP contribution in [-0.4, -0.2) is 6.04 Å². The number of rotatable bonds is 4. The molecule has 0 rings (SSSR count). The maximum Gasteiger partial charge on any atom is 0.127 e. The van der Waals surface area contributed by atoms with E-state index in [-0.39, 0.29) is 6.04 Å². The smallest absolute Gasteiger partial charge is 0.127 e. The summed E-state index contributed by atoms with van der Waals surface area (Å²) in [6, 6.07) is -0.255. The first-order chi connectivity index (χ1) is 4.95. The Hall–Kier alpha value is -0.620. The minimum Gasteiger partial charge on any atom is -0.581 e. The van der Waals surface area contributed by atoms with Crippen molar-refractivity contribution in [2.24, 2.45) is 0 Å². The molecule has 2 atom stereocenters. The predicted molar refractivity (Wildman–Crippen MR) is 41.7 cm³/mol. The lowest BCUT2D eigenvalue weighted by atomic mass is 10.4. The molecular formula is C6H15N3O2. The zero-order valence-electron chi connectivity index (χ0n) is 7.10. The van der Waals surface area contributed by atoms with E-state index in [1.807, 2.05) is 0 Å². The van der Waals surface area contributed by atoms with Gasteiger partial charge in [0.1, 0.15) is 6.04 Å². The van der Waals surface area contributed by atoms with E-state index < -0.39 is 10.5 Å². The van der Waals surface area contributed by atoms with Crippen LogP contribution in [-0.2, 0) is 0 Å². The summed E-state index contributed by atoms with van der Waals surface area (Å²) in [5.74, 6) is 0. The van der Waals surface area contributed by atoms with Crippen LogP contribution in [0, 0.1) is 10.4 Å². The maximum atomic E-state index is 10.9. The molecule has 0 aliphatic carbocycles. The van der Waals surface area contributed by atoms with E-state index >= 15 is 0 Å². The average Bonchev–Trinajstić information content (AvgIpc) is 1.84. The summed E-state index contributed by atoms with van der Waals surface area (Å²) in [5, 5.41) is 20.8. The summed E-state index contributed by atoms with van der Waals surface area (Å²) in [6.07, 6.45) is 0. The highest BCUT2D eigenvalue weighted by Gasteiger charge is 2.08. The van der Waals surface area contributed by atoms with E-state index in [9.17, 15) is 10.4 Å². The van der Waals surface area contributed by atoms with Crippen LogP contribution in [0.15, 0.2) is 12.3 Å². The summed E-state index contributed by atoms with van der Waals surface area (Å²) >= 11 is 0. The van der Waals surface area contributed by atoms with Crippen molar-refractivity contribution in [3.8, 4) is 0 Å². The van der Waals surface area contributed by atoms with Crippen molar-refractivity contribution in [2.75, 3.05) is 0 Å². The van der Waals surface area contributed by atoms with Crippen molar-refractivity contribution >= 4 is 0 Å². The van der Waals surface area contributed by atoms with E-state index in [1.54, 1.807) is 20.8 Å². The molecule has 0 radical (unpaired) electrons. The van der Waals surface area contributed by atoms with Crippen molar-refractivity contribution in [2.45, 2.75) is 26.8 Å². The van der Waals surface area contributed by atoms with Crippen molar-refractivity contribution in [1.82, 2.24) is 5.43 Å². The van der Waals surface area contributed by atoms with Crippen LogP contribution in [0.4, 0.5) is 0 Å². The fourth-order valence-electron chi connectivity index (χ4n) is 0.518. The van der Waals surface area contributed by atoms with Gasteiger partial charge in [0.2, 0.25) is 0 Å². The average molecular weight is 161 g/mol. The number of hydrogen-bond acceptors (Lipinski definition) is 3. The van der Waals surface area contributed by atoms with E-state index in [1.165, 1.54) is 0 Å². The molecular weight excluding hydrogens is 146 g/mol. The molecule has 0 spiro atoms. The summed E-state index contributed by atoms with van der Waals surface area (Å²) in [4.78, 5) is 0. The third kappa shape index (κ3) is 3.94. The topological polar surface area (TPSA) is 67.0 Å². The fraction of sp³-hybridized carbons (Fsp3) is 0.667. The van der Waals surface area contributed by atoms with Gasteiger partial charge in [-0.1, -0.05) is 6.58 Å². The van der Waals surface area contributed by atoms with Crippen LogP contribution in [0.5, 0.6) is 0 Å². The highest BCUT2D eigenvalue weighted by Crippen LogP contribution is 1.67. The van der Waals surface area contributed by atoms with Gasteiger partial charge >= 0.3 is 0 Å². The Kier molecular flexibility index (Phi) is 4.06. The summed E-state index contributed by atoms with van der Waals surface area (Å²) in [5.41, 5.74) is 2.83. The lowest BCUT2D eigenvalue weighted by Crippen LogP contribution is -3.59. The van der Waals surface area contributed by atoms with Crippen LogP contribution in [0.25, 0.3) is 0 Å². The molecule has 5 nitrogen and oxygen atoms in total. The summed E-state index contributed by atoms with van der Waals surface area (Å²) < 4.78 is 0. The van der Waals surface area contributed by atoms with Gasteiger partial charge in [0.25, 0.3) is 0 Å². The molecule has 0 fully saturated rings. The molecule has 0 heterocycles. The van der Waals surface area contributed by atoms with Gasteiger partial charge < -0.3 is 10.4 Å². The highest BCUT2D eigenvalue weighted by molar-refractivity contribution is 4.78. The Morgan fingerprint density at radius 1 is 1.45 bits per heavy atom. The van der Waals surface area contributed by atoms with Crippen LogP contribution in [0.1, 0.15) is 20.8 Å². The third-order valence-electron chi connectivity index (χ3n) is 1.08. The second-order valence-electron chi connectivity index (χ2n) is 2.75. The zero-order chi connectivity index (χ0) is 9.02. The van der Waals surface area contributed by atoms with Crippen LogP contribution >= 0.6 is 0 Å². The molecule has 11 heavy (non-hydrogen) atoms. The number of allylic oxidation sites excluding steroid dienone is 1. The normalized spacial score (nSPS) is 16.2. The largest absolute Gasteiger partial charge is 0.581 e. The molecule has 66 valence electrons. The van der Waals surface area contributed by atoms with Crippen molar-refractivity contribution in [1.29, 1.82) is 0 Å². The molecule has 5 heteroatoms. The molecule has 0 aromatic rings. The molecule has 0 saturated carbocycles. The Morgan fingerprint density at radius 3 is 2.18 bits per heavy atom. The van der Waals surface area contributed by atoms with Crippen LogP contribution in [0.2, 0.25) is 0 Å². The van der Waals surface area contributed by atoms with Gasteiger partial charge in [0.15, 0.2) is 0 Å². The Bertz CT molecular complexity index is 138. The van der Waals surface area contributed by atoms with Gasteiger partial charge in [-0.2, -0.15) is 10.6 Å². The van der Waals surface area contributed by atoms with Gasteiger partial charge in [-0.05, 0) is 20.8 Å². The second-order valence-corrected chi connectivity index (χ2v) is 2.75. The van der Waals surface area contributed by atoms with E-state index in [4.69, 9.17) is 0 Å². The first-order valence-corrected chi connectivity index (χ1v) is 3.46. The van der Waals surface area contributed by atoms with Gasteiger partial charge in [-0.3, -0.25) is 0 Å². The second kappa shape index (κ2) is 4.30. The maximum absolute atomic E-state index is 10.9. The minimum atomic E-state index is -0.576. The first-order valence-electron chi connectivity index (χ1n) is 3.46. The summed E-state index contributed by atoms with van der Waals surface area (Å²) in [6.45, 7) is 8.44. The van der Waals surface area contributed by atoms with Crippen molar-refractivity contribution in [3.05, 3.63) is 22.7 Å². The fourth-order valence-corrected chi connectivity index (χ4v) is 0.518. The van der Waals surface area contributed by atoms with Gasteiger partial charge in [0, 0.05) is 0 Å². The predicted octanol–water partition coefficient (Wildman–Crippen LogP) is -1.89. The standard InChI is InChI=1S/C6H15N3O2/c1-5(2)7-9(11)8(10)6(3)4/h6-9H,1H2,2-4H3. The van der Waals surface area contributed by atoms with Crippen molar-refractivity contribution < 1.29 is 10.5 Å². The van der Waals surface area contributed by atoms with Gasteiger partial charge in [-0.15, -0.1) is 5.28 Å². The minimum absolute atomic E-state index is 0.255. The summed E-state index contributed by atoms with van der Waals surface area (Å²) in [7, 11) is 0. The number of nitrogens with one attached hydrogen (secondary N) is 3. The van der Waals surface area contributed by atoms with Crippen molar-refractivity contribution in [3.63, 3.8) is 0 Å². The van der Waals surface area contributed by atoms with E-state index in [2.05, 4.69) is 12.0 Å². The zero-order valence-corrected chi connectivity index (χ0v) is 7.10. The number of hydroxylamine groups is 1. The quantitative estimate of drug-likeness (QED) is 0.422. The van der Waals surface area contributed by atoms with E-state index in [0.29, 0.717) is 5.70 Å². The monoisotopic (exact) mass is 161 g/mol. The molecule has 0 saturated heterocycles. The third-order valence-corrected chi connectivity index (χ3v) is 1.08. The molecule has 0 amide bonds. The Morgan fingerprint density at radius 2 is 1.91 bits per heavy atom. The highest BCUT2D eigenvalue weighted by atomic mass is 16.7. The molecule has 0 aromatic carbocycles. The lowest BCUT2D eigenvalue weighted by Gasteiger charge is -2.34. The first kappa shape index (κ1) is 10.4. The number of hydrogen-bond donors (Lipinski definition) is 3. The Labute approximate surface area is 66.4 Å². The number of quaternary nitrogens is 2. The molecule has 0 aliphatic heterocycles. The molecule has 0 aromatic heterocycles. The Balaban J connectivity index is 3.82. The molecule has 0 aliphatic rings. The van der Waals surface area contributed by atoms with E-state index in [0.717, 1.165) is 0 Å². The van der Waals surface area contributed by atoms with Gasteiger partial charge in [0.05, 0.1) is 5.70 Å². The van der Waals surface area contributed by atoms with Crippen LogP contribution < -0.4 is 15.9 Å². The molecule has 3 N–H and O–H groups in total. The molecule has 2 unspecified atom stereocenters. The van der Waals surface area contributed by atoms with Crippen LogP contribution in [0.3, 0.4) is 0 Å².